The van der Waals surface area contributed by atoms with Gasteiger partial charge < -0.3 is 9.47 Å². The van der Waals surface area contributed by atoms with Crippen LogP contribution in [-0.2, 0) is 19.1 Å². The highest BCUT2D eigenvalue weighted by Gasteiger charge is 2.66. The van der Waals surface area contributed by atoms with Gasteiger partial charge in [0.25, 0.3) is 0 Å². The van der Waals surface area contributed by atoms with Crippen LogP contribution in [0.15, 0.2) is 12.2 Å². The first-order valence-electron chi connectivity index (χ1n) is 7.62. The molecular weight excluding hydrogens is 256 g/mol. The average Bonchev–Trinajstić information content (AvgIpc) is 3.07. The molecule has 1 aliphatic heterocycles. The second-order valence-electron chi connectivity index (χ2n) is 7.07. The van der Waals surface area contributed by atoms with Gasteiger partial charge in [0.05, 0.1) is 11.8 Å². The maximum absolute atomic E-state index is 12.6. The number of hydrogen-bond donors (Lipinski definition) is 0. The number of hydrogen-bond acceptors (Lipinski definition) is 4. The molecule has 1 heterocycles. The molecule has 0 aromatic rings. The minimum Gasteiger partial charge on any atom is -0.459 e. The first kappa shape index (κ1) is 12.4. The van der Waals surface area contributed by atoms with Gasteiger partial charge >= 0.3 is 11.9 Å². The molecule has 0 aromatic carbocycles. The van der Waals surface area contributed by atoms with E-state index < -0.39 is 0 Å². The van der Waals surface area contributed by atoms with E-state index in [9.17, 15) is 9.59 Å². The Hall–Kier alpha value is -1.32. The van der Waals surface area contributed by atoms with Crippen molar-refractivity contribution in [2.75, 3.05) is 0 Å². The van der Waals surface area contributed by atoms with E-state index in [1.165, 1.54) is 0 Å². The molecule has 4 aliphatic rings. The monoisotopic (exact) mass is 276 g/mol. The van der Waals surface area contributed by atoms with Crippen molar-refractivity contribution in [3.05, 3.63) is 12.2 Å². The van der Waals surface area contributed by atoms with Crippen LogP contribution in [0, 0.1) is 23.7 Å². The lowest BCUT2D eigenvalue weighted by Gasteiger charge is -2.30. The molecule has 0 spiro atoms. The van der Waals surface area contributed by atoms with Crippen molar-refractivity contribution >= 4 is 11.9 Å². The third-order valence-electron chi connectivity index (χ3n) is 5.83. The zero-order chi connectivity index (χ0) is 14.1. The van der Waals surface area contributed by atoms with E-state index in [0.717, 1.165) is 37.7 Å². The number of fused-ring (bicyclic) bond motifs is 1. The molecule has 4 fully saturated rings. The summed E-state index contributed by atoms with van der Waals surface area (Å²) in [6.07, 6.45) is 4.80. The largest absolute Gasteiger partial charge is 0.459 e. The standard InChI is InChI=1S/C16H20O4/c1-8-9-7-10-12(14(17)19-13(8)10)11(9)15(18)20-16(2)5-3-4-6-16/h9-13H,1,3-7H2,2H3. The smallest absolute Gasteiger partial charge is 0.310 e. The molecule has 5 unspecified atom stereocenters. The van der Waals surface area contributed by atoms with Gasteiger partial charge in [0.2, 0.25) is 0 Å². The first-order valence-corrected chi connectivity index (χ1v) is 7.62. The summed E-state index contributed by atoms with van der Waals surface area (Å²) in [7, 11) is 0. The van der Waals surface area contributed by atoms with Crippen LogP contribution in [0.3, 0.4) is 0 Å². The van der Waals surface area contributed by atoms with Gasteiger partial charge in [-0.25, -0.2) is 0 Å². The second kappa shape index (κ2) is 3.86. The van der Waals surface area contributed by atoms with Crippen LogP contribution >= 0.6 is 0 Å². The van der Waals surface area contributed by atoms with E-state index in [0.29, 0.717) is 0 Å². The van der Waals surface area contributed by atoms with Crippen molar-refractivity contribution in [3.8, 4) is 0 Å². The van der Waals surface area contributed by atoms with E-state index in [1.54, 1.807) is 0 Å². The molecule has 0 N–H and O–H groups in total. The van der Waals surface area contributed by atoms with Gasteiger partial charge in [-0.15, -0.1) is 0 Å². The molecule has 108 valence electrons. The topological polar surface area (TPSA) is 52.6 Å². The zero-order valence-corrected chi connectivity index (χ0v) is 11.8. The van der Waals surface area contributed by atoms with Crippen molar-refractivity contribution in [2.45, 2.75) is 50.7 Å². The maximum atomic E-state index is 12.6. The minimum atomic E-state index is -0.351. The molecule has 20 heavy (non-hydrogen) atoms. The predicted octanol–water partition coefficient (Wildman–Crippen LogP) is 2.23. The Labute approximate surface area is 118 Å². The summed E-state index contributed by atoms with van der Waals surface area (Å²) in [4.78, 5) is 24.6. The lowest BCUT2D eigenvalue weighted by atomic mass is 9.78. The molecule has 1 saturated heterocycles. The third-order valence-corrected chi connectivity index (χ3v) is 5.83. The van der Waals surface area contributed by atoms with Crippen LogP contribution in [0.4, 0.5) is 0 Å². The molecule has 2 bridgehead atoms. The van der Waals surface area contributed by atoms with Crippen LogP contribution in [0.1, 0.15) is 39.0 Å². The summed E-state index contributed by atoms with van der Waals surface area (Å²) >= 11 is 0. The highest BCUT2D eigenvalue weighted by molar-refractivity contribution is 5.87. The van der Waals surface area contributed by atoms with Crippen LogP contribution in [-0.4, -0.2) is 23.6 Å². The lowest BCUT2D eigenvalue weighted by Crippen LogP contribution is -2.39. The summed E-state index contributed by atoms with van der Waals surface area (Å²) in [5.74, 6) is -0.818. The number of ether oxygens (including phenoxy) is 2. The van der Waals surface area contributed by atoms with Crippen molar-refractivity contribution in [1.82, 2.24) is 0 Å². The van der Waals surface area contributed by atoms with Gasteiger partial charge in [-0.2, -0.15) is 0 Å². The van der Waals surface area contributed by atoms with Crippen LogP contribution < -0.4 is 0 Å². The Morgan fingerprint density at radius 1 is 1.40 bits per heavy atom. The maximum Gasteiger partial charge on any atom is 0.310 e. The molecule has 4 rings (SSSR count). The van der Waals surface area contributed by atoms with Gasteiger partial charge in [0, 0.05) is 5.92 Å². The quantitative estimate of drug-likeness (QED) is 0.573. The number of carbonyl (C=O) groups is 2. The molecule has 0 amide bonds. The molecule has 4 nitrogen and oxygen atoms in total. The SMILES string of the molecule is C=C1C2CC3C1OC(=O)C3C2C(=O)OC1(C)CCCC1. The fourth-order valence-corrected chi connectivity index (χ4v) is 4.82. The number of esters is 2. The normalized spacial score (nSPS) is 44.0. The van der Waals surface area contributed by atoms with E-state index in [-0.39, 0.29) is 47.3 Å². The molecule has 0 aromatic heterocycles. The summed E-state index contributed by atoms with van der Waals surface area (Å²) in [5.41, 5.74) is 0.595. The van der Waals surface area contributed by atoms with Crippen LogP contribution in [0.5, 0.6) is 0 Å². The van der Waals surface area contributed by atoms with Crippen molar-refractivity contribution in [1.29, 1.82) is 0 Å². The Bertz CT molecular complexity index is 503. The molecule has 3 aliphatic carbocycles. The van der Waals surface area contributed by atoms with Crippen LogP contribution in [0.2, 0.25) is 0 Å². The van der Waals surface area contributed by atoms with Gasteiger partial charge in [0.1, 0.15) is 11.7 Å². The fraction of sp³-hybridized carbons (Fsp3) is 0.750. The molecular formula is C16H20O4. The highest BCUT2D eigenvalue weighted by atomic mass is 16.6. The fourth-order valence-electron chi connectivity index (χ4n) is 4.82. The molecule has 3 saturated carbocycles. The first-order chi connectivity index (χ1) is 9.50. The predicted molar refractivity (Wildman–Crippen MR) is 70.6 cm³/mol. The Kier molecular flexibility index (Phi) is 2.40. The Morgan fingerprint density at radius 3 is 2.80 bits per heavy atom. The molecule has 5 atom stereocenters. The van der Waals surface area contributed by atoms with Crippen molar-refractivity contribution in [2.24, 2.45) is 23.7 Å². The summed E-state index contributed by atoms with van der Waals surface area (Å²) in [6.45, 7) is 6.06. The second-order valence-corrected chi connectivity index (χ2v) is 7.07. The van der Waals surface area contributed by atoms with E-state index in [1.807, 2.05) is 6.92 Å². The summed E-state index contributed by atoms with van der Waals surface area (Å²) < 4.78 is 11.2. The zero-order valence-electron chi connectivity index (χ0n) is 11.8. The number of carbonyl (C=O) groups excluding carboxylic acids is 2. The highest BCUT2D eigenvalue weighted by Crippen LogP contribution is 2.60. The van der Waals surface area contributed by atoms with Gasteiger partial charge in [-0.05, 0) is 50.5 Å². The van der Waals surface area contributed by atoms with Crippen molar-refractivity contribution in [3.63, 3.8) is 0 Å². The summed E-state index contributed by atoms with van der Waals surface area (Å²) in [5, 5.41) is 0. The van der Waals surface area contributed by atoms with Crippen LogP contribution in [0.25, 0.3) is 0 Å². The van der Waals surface area contributed by atoms with Gasteiger partial charge in [-0.1, -0.05) is 6.58 Å². The van der Waals surface area contributed by atoms with Crippen molar-refractivity contribution < 1.29 is 19.1 Å². The van der Waals surface area contributed by atoms with Gasteiger partial charge in [-0.3, -0.25) is 9.59 Å². The van der Waals surface area contributed by atoms with E-state index in [2.05, 4.69) is 6.58 Å². The Morgan fingerprint density at radius 2 is 2.10 bits per heavy atom. The van der Waals surface area contributed by atoms with E-state index in [4.69, 9.17) is 9.47 Å². The minimum absolute atomic E-state index is 0.0824. The average molecular weight is 276 g/mol. The molecule has 4 heteroatoms. The summed E-state index contributed by atoms with van der Waals surface area (Å²) in [6, 6.07) is 0. The third kappa shape index (κ3) is 1.48. The van der Waals surface area contributed by atoms with E-state index >= 15 is 0 Å². The lowest BCUT2D eigenvalue weighted by molar-refractivity contribution is -0.167. The number of rotatable bonds is 2. The van der Waals surface area contributed by atoms with Gasteiger partial charge in [0.15, 0.2) is 0 Å². The Balaban J connectivity index is 1.58. The molecule has 0 radical (unpaired) electrons.